The van der Waals surface area contributed by atoms with Crippen LogP contribution in [0.1, 0.15) is 16.7 Å². The van der Waals surface area contributed by atoms with Crippen LogP contribution in [-0.4, -0.2) is 72.3 Å². The predicted octanol–water partition coefficient (Wildman–Crippen LogP) is 6.70. The third-order valence-corrected chi connectivity index (χ3v) is 8.13. The van der Waals surface area contributed by atoms with Gasteiger partial charge in [-0.05, 0) is 68.8 Å². The molecule has 0 fully saturated rings. The number of ether oxygens (including phenoxy) is 2. The fraction of sp³-hybridized carbons (Fsp3) is 0.132. The number of nitrogens with one attached hydrogen (secondary N) is 1. The number of aryl methyl sites for hydroxylation is 3. The van der Waals surface area contributed by atoms with Gasteiger partial charge in [0.15, 0.2) is 11.6 Å². The summed E-state index contributed by atoms with van der Waals surface area (Å²) in [6.45, 7) is 5.38. The van der Waals surface area contributed by atoms with Crippen LogP contribution in [0.5, 0.6) is 11.8 Å². The van der Waals surface area contributed by atoms with Gasteiger partial charge in [0.05, 0.1) is 26.6 Å². The van der Waals surface area contributed by atoms with Crippen molar-refractivity contribution >= 4 is 28.5 Å². The number of methoxy groups -OCH3 is 2. The first-order valence-corrected chi connectivity index (χ1v) is 17.1. The average Bonchev–Trinajstić information content (AvgIpc) is 3.96. The molecule has 0 radical (unpaired) electrons. The highest BCUT2D eigenvalue weighted by Gasteiger charge is 2.12. The summed E-state index contributed by atoms with van der Waals surface area (Å²) in [6.07, 6.45) is 15.3. The molecule has 1 N–H and O–H groups in total. The van der Waals surface area contributed by atoms with Crippen molar-refractivity contribution in [3.8, 4) is 34.8 Å². The van der Waals surface area contributed by atoms with Crippen molar-refractivity contribution < 1.29 is 22.6 Å². The molecule has 9 heterocycles. The van der Waals surface area contributed by atoms with Crippen LogP contribution >= 0.6 is 11.6 Å². The van der Waals surface area contributed by atoms with Crippen LogP contribution in [0.15, 0.2) is 103 Å². The van der Waals surface area contributed by atoms with Gasteiger partial charge in [-0.2, -0.15) is 9.97 Å². The topological polar surface area (TPSA) is 168 Å². The highest BCUT2D eigenvalue weighted by molar-refractivity contribution is 6.28. The molecule has 0 aromatic carbocycles. The van der Waals surface area contributed by atoms with Crippen LogP contribution in [0.2, 0.25) is 5.28 Å². The Hall–Kier alpha value is -7.21. The monoisotopic (exact) mass is 796 g/mol. The molecule has 0 saturated heterocycles. The van der Waals surface area contributed by atoms with E-state index < -0.39 is 0 Å². The van der Waals surface area contributed by atoms with E-state index in [9.17, 15) is 18.0 Å². The quantitative estimate of drug-likeness (QED) is 0.188. The van der Waals surface area contributed by atoms with E-state index in [4.69, 9.17) is 21.1 Å². The number of aromatic amines is 1. The highest BCUT2D eigenvalue weighted by atomic mass is 35.5. The van der Waals surface area contributed by atoms with Crippen molar-refractivity contribution in [2.24, 2.45) is 0 Å². The number of fused-ring (bicyclic) bond motifs is 3. The van der Waals surface area contributed by atoms with Gasteiger partial charge in [-0.25, -0.2) is 43.1 Å². The molecule has 0 amide bonds. The SMILES string of the molecule is COc1nc(-c2cnc3ccc(F)cn23)ncc1C.COc1nc(Cl)ncc1C.Cc1cnc(-c2cnc3ccc(F)cn23)[nH]c1=O.Fc1ccc2nccn2c1. The fourth-order valence-electron chi connectivity index (χ4n) is 5.10. The largest absolute Gasteiger partial charge is 0.481 e. The molecular formula is C38H32ClF3N12O3. The van der Waals surface area contributed by atoms with Gasteiger partial charge in [-0.3, -0.25) is 13.6 Å². The number of nitrogens with zero attached hydrogens (tertiary/aromatic N) is 11. The Balaban J connectivity index is 0.000000134. The molecule has 19 heteroatoms. The molecule has 0 saturated carbocycles. The molecule has 57 heavy (non-hydrogen) atoms. The smallest absolute Gasteiger partial charge is 0.254 e. The molecule has 290 valence electrons. The van der Waals surface area contributed by atoms with E-state index >= 15 is 0 Å². The molecule has 15 nitrogen and oxygen atoms in total. The fourth-order valence-corrected chi connectivity index (χ4v) is 5.23. The zero-order valence-electron chi connectivity index (χ0n) is 30.9. The second kappa shape index (κ2) is 17.5. The Labute approximate surface area is 326 Å². The molecule has 0 aliphatic carbocycles. The Morgan fingerprint density at radius 2 is 1.16 bits per heavy atom. The lowest BCUT2D eigenvalue weighted by molar-refractivity contribution is 0.393. The first-order chi connectivity index (χ1) is 27.4. The molecule has 9 rings (SSSR count). The van der Waals surface area contributed by atoms with E-state index in [-0.39, 0.29) is 28.3 Å². The first-order valence-electron chi connectivity index (χ1n) is 16.7. The van der Waals surface area contributed by atoms with E-state index in [2.05, 4.69) is 44.9 Å². The van der Waals surface area contributed by atoms with Gasteiger partial charge in [0.1, 0.15) is 45.8 Å². The van der Waals surface area contributed by atoms with Crippen molar-refractivity contribution in [2.75, 3.05) is 14.2 Å². The van der Waals surface area contributed by atoms with Gasteiger partial charge in [0.2, 0.25) is 17.0 Å². The second-order valence-corrected chi connectivity index (χ2v) is 12.3. The average molecular weight is 797 g/mol. The molecule has 0 bridgehead atoms. The number of H-pyrrole nitrogens is 1. The Kier molecular flexibility index (Phi) is 12.1. The molecule has 0 aliphatic heterocycles. The number of rotatable bonds is 4. The Bertz CT molecular complexity index is 2880. The van der Waals surface area contributed by atoms with Gasteiger partial charge in [-0.1, -0.05) is 0 Å². The van der Waals surface area contributed by atoms with Crippen LogP contribution in [0.4, 0.5) is 13.2 Å². The molecule has 0 spiro atoms. The molecule has 0 atom stereocenters. The molecular weight excluding hydrogens is 765 g/mol. The number of imidazole rings is 3. The van der Waals surface area contributed by atoms with Gasteiger partial charge >= 0.3 is 0 Å². The molecule has 9 aromatic heterocycles. The van der Waals surface area contributed by atoms with Crippen molar-refractivity contribution in [2.45, 2.75) is 20.8 Å². The summed E-state index contributed by atoms with van der Waals surface area (Å²) in [4.78, 5) is 46.7. The van der Waals surface area contributed by atoms with E-state index in [1.54, 1.807) is 89.7 Å². The predicted molar refractivity (Wildman–Crippen MR) is 205 cm³/mol. The number of aromatic nitrogens is 12. The second-order valence-electron chi connectivity index (χ2n) is 11.9. The molecule has 0 aliphatic rings. The minimum absolute atomic E-state index is 0.211. The lowest BCUT2D eigenvalue weighted by Gasteiger charge is -2.05. The van der Waals surface area contributed by atoms with E-state index in [0.717, 1.165) is 16.8 Å². The summed E-state index contributed by atoms with van der Waals surface area (Å²) in [5.74, 6) is 0.869. The summed E-state index contributed by atoms with van der Waals surface area (Å²) in [6, 6.07) is 8.88. The van der Waals surface area contributed by atoms with Gasteiger partial charge < -0.3 is 18.9 Å². The summed E-state index contributed by atoms with van der Waals surface area (Å²) in [5, 5.41) is 0.211. The number of halogens is 4. The van der Waals surface area contributed by atoms with E-state index in [1.807, 2.05) is 13.8 Å². The van der Waals surface area contributed by atoms with Crippen LogP contribution in [0.25, 0.3) is 40.0 Å². The van der Waals surface area contributed by atoms with Crippen molar-refractivity contribution in [1.82, 2.24) is 58.1 Å². The highest BCUT2D eigenvalue weighted by Crippen LogP contribution is 2.22. The normalized spacial score (nSPS) is 10.6. The van der Waals surface area contributed by atoms with Crippen molar-refractivity contribution in [3.63, 3.8) is 0 Å². The standard InChI is InChI=1S/C13H11FN4O.C12H9FN4O.C7H5FN2.C6H7ClN2O/c1-8-5-16-12(17-13(8)19-2)10-6-15-11-4-3-9(14)7-18(10)11;1-7-4-15-11(16-12(7)18)9-5-14-10-3-2-8(13)6-17(9)10;8-6-1-2-7-9-3-4-10(7)5-6;1-4-3-8-6(7)9-5(4)10-2/h3-7H,1-2H3;2-6H,1H3,(H,15,16,18);1-5H;3H,1-2H3. The van der Waals surface area contributed by atoms with Gasteiger partial charge in [0.25, 0.3) is 5.56 Å². The van der Waals surface area contributed by atoms with Gasteiger partial charge in [-0.15, -0.1) is 0 Å². The summed E-state index contributed by atoms with van der Waals surface area (Å²) in [5.41, 5.74) is 5.19. The van der Waals surface area contributed by atoms with Crippen molar-refractivity contribution in [3.05, 3.63) is 148 Å². The van der Waals surface area contributed by atoms with Crippen LogP contribution in [-0.2, 0) is 0 Å². The van der Waals surface area contributed by atoms with Crippen LogP contribution in [0.3, 0.4) is 0 Å². The number of pyridine rings is 3. The van der Waals surface area contributed by atoms with E-state index in [1.165, 1.54) is 43.0 Å². The lowest BCUT2D eigenvalue weighted by atomic mass is 10.3. The summed E-state index contributed by atoms with van der Waals surface area (Å²) < 4.78 is 53.8. The molecule has 9 aromatic rings. The van der Waals surface area contributed by atoms with E-state index in [0.29, 0.717) is 51.7 Å². The number of hydrogen-bond acceptors (Lipinski definition) is 11. The maximum atomic E-state index is 13.3. The minimum Gasteiger partial charge on any atom is -0.481 e. The molecule has 0 unspecified atom stereocenters. The van der Waals surface area contributed by atoms with Crippen LogP contribution in [0, 0.1) is 38.2 Å². The Morgan fingerprint density at radius 1 is 0.614 bits per heavy atom. The zero-order chi connectivity index (χ0) is 40.6. The summed E-state index contributed by atoms with van der Waals surface area (Å²) in [7, 11) is 3.10. The van der Waals surface area contributed by atoms with Crippen LogP contribution < -0.4 is 15.0 Å². The first kappa shape index (κ1) is 39.5. The Morgan fingerprint density at radius 3 is 1.77 bits per heavy atom. The van der Waals surface area contributed by atoms with Crippen molar-refractivity contribution in [1.29, 1.82) is 0 Å². The zero-order valence-corrected chi connectivity index (χ0v) is 31.6. The third kappa shape index (κ3) is 9.37. The lowest BCUT2D eigenvalue weighted by Crippen LogP contribution is -2.11. The minimum atomic E-state index is -0.379. The maximum Gasteiger partial charge on any atom is 0.254 e. The third-order valence-electron chi connectivity index (χ3n) is 7.95. The maximum absolute atomic E-state index is 13.3. The number of hydrogen-bond donors (Lipinski definition) is 1. The summed E-state index contributed by atoms with van der Waals surface area (Å²) >= 11 is 5.49. The van der Waals surface area contributed by atoms with Gasteiger partial charge in [0, 0.05) is 66.3 Å².